The molecule has 1 aromatic carbocycles. The van der Waals surface area contributed by atoms with Gasteiger partial charge in [-0.15, -0.1) is 0 Å². The first-order chi connectivity index (χ1) is 8.16. The third kappa shape index (κ3) is 1.71. The SMILES string of the molecule is CN1C2=C[N+](=O)CCCC2c2ccc(Br)cc21. The lowest BCUT2D eigenvalue weighted by Gasteiger charge is -2.13. The number of halogens is 1. The van der Waals surface area contributed by atoms with Crippen LogP contribution in [-0.4, -0.2) is 18.4 Å². The Morgan fingerprint density at radius 3 is 3.12 bits per heavy atom. The van der Waals surface area contributed by atoms with Crippen molar-refractivity contribution in [2.75, 3.05) is 18.5 Å². The standard InChI is InChI=1S/C13H14BrN2O/c1-15-12-7-9(14)4-5-11(12)10-3-2-6-16(17)8-13(10)15/h4-5,7-8,10H,2-3,6H2,1H3/q+1. The molecule has 1 aromatic rings. The molecule has 88 valence electrons. The Labute approximate surface area is 109 Å². The van der Waals surface area contributed by atoms with Crippen molar-refractivity contribution in [3.05, 3.63) is 45.0 Å². The van der Waals surface area contributed by atoms with E-state index in [0.29, 0.717) is 12.5 Å². The number of fused-ring (bicyclic) bond motifs is 3. The first-order valence-corrected chi connectivity index (χ1v) is 6.65. The van der Waals surface area contributed by atoms with Gasteiger partial charge in [-0.05, 0) is 24.1 Å². The van der Waals surface area contributed by atoms with Gasteiger partial charge in [0.2, 0.25) is 6.20 Å². The van der Waals surface area contributed by atoms with Gasteiger partial charge in [-0.1, -0.05) is 22.0 Å². The number of likely N-dealkylation sites (N-methyl/N-ethyl adjacent to an activating group) is 1. The van der Waals surface area contributed by atoms with Crippen LogP contribution in [0.4, 0.5) is 5.69 Å². The molecule has 17 heavy (non-hydrogen) atoms. The topological polar surface area (TPSA) is 23.3 Å². The van der Waals surface area contributed by atoms with Gasteiger partial charge in [-0.3, -0.25) is 0 Å². The molecule has 0 saturated heterocycles. The van der Waals surface area contributed by atoms with Crippen LogP contribution < -0.4 is 4.90 Å². The monoisotopic (exact) mass is 293 g/mol. The number of hydrogen-bond donors (Lipinski definition) is 0. The van der Waals surface area contributed by atoms with Gasteiger partial charge in [0.1, 0.15) is 0 Å². The van der Waals surface area contributed by atoms with E-state index in [-0.39, 0.29) is 0 Å². The van der Waals surface area contributed by atoms with Crippen LogP contribution in [0.25, 0.3) is 0 Å². The van der Waals surface area contributed by atoms with Crippen molar-refractivity contribution in [3.8, 4) is 0 Å². The third-order valence-corrected chi connectivity index (χ3v) is 4.11. The highest BCUT2D eigenvalue weighted by Gasteiger charge is 2.36. The number of allylic oxidation sites excluding steroid dienone is 1. The maximum Gasteiger partial charge on any atom is 0.240 e. The molecule has 0 saturated carbocycles. The van der Waals surface area contributed by atoms with Crippen LogP contribution in [-0.2, 0) is 0 Å². The lowest BCUT2D eigenvalue weighted by Crippen LogP contribution is -2.14. The summed E-state index contributed by atoms with van der Waals surface area (Å²) < 4.78 is 2.14. The Morgan fingerprint density at radius 2 is 2.29 bits per heavy atom. The van der Waals surface area contributed by atoms with Crippen molar-refractivity contribution in [2.45, 2.75) is 18.8 Å². The molecule has 3 nitrogen and oxygen atoms in total. The molecular formula is C13H14BrN2O+. The molecule has 0 aromatic heterocycles. The third-order valence-electron chi connectivity index (χ3n) is 3.62. The predicted molar refractivity (Wildman–Crippen MR) is 71.1 cm³/mol. The number of nitroso groups, excluding NO2 is 1. The number of anilines is 1. The molecule has 0 fully saturated rings. The van der Waals surface area contributed by atoms with Crippen LogP contribution in [0.5, 0.6) is 0 Å². The second-order valence-corrected chi connectivity index (χ2v) is 5.57. The maximum absolute atomic E-state index is 11.6. The molecule has 2 aliphatic rings. The van der Waals surface area contributed by atoms with E-state index in [1.54, 1.807) is 6.20 Å². The summed E-state index contributed by atoms with van der Waals surface area (Å²) in [5.41, 5.74) is 3.69. The average molecular weight is 294 g/mol. The minimum Gasteiger partial charge on any atom is -0.342 e. The second-order valence-electron chi connectivity index (χ2n) is 4.65. The normalized spacial score (nSPS) is 22.9. The fourth-order valence-electron chi connectivity index (χ4n) is 2.78. The van der Waals surface area contributed by atoms with Gasteiger partial charge in [-0.2, -0.15) is 0 Å². The zero-order valence-corrected chi connectivity index (χ0v) is 11.3. The van der Waals surface area contributed by atoms with Gasteiger partial charge in [0, 0.05) is 39.2 Å². The molecule has 0 spiro atoms. The molecule has 1 atom stereocenters. The Bertz CT molecular complexity index is 524. The molecular weight excluding hydrogens is 280 g/mol. The quantitative estimate of drug-likeness (QED) is 0.685. The summed E-state index contributed by atoms with van der Waals surface area (Å²) in [6.45, 7) is 0.611. The largest absolute Gasteiger partial charge is 0.342 e. The summed E-state index contributed by atoms with van der Waals surface area (Å²) in [5, 5.41) is 0. The van der Waals surface area contributed by atoms with Crippen LogP contribution in [0.2, 0.25) is 0 Å². The van der Waals surface area contributed by atoms with Crippen LogP contribution >= 0.6 is 15.9 Å². The second kappa shape index (κ2) is 3.95. The van der Waals surface area contributed by atoms with Crippen molar-refractivity contribution in [1.29, 1.82) is 0 Å². The van der Waals surface area contributed by atoms with E-state index in [0.717, 1.165) is 27.8 Å². The molecule has 0 bridgehead atoms. The van der Waals surface area contributed by atoms with Crippen LogP contribution in [0.3, 0.4) is 0 Å². The average Bonchev–Trinajstić information content (AvgIpc) is 2.48. The van der Waals surface area contributed by atoms with Crippen LogP contribution in [0.15, 0.2) is 34.6 Å². The van der Waals surface area contributed by atoms with E-state index < -0.39 is 0 Å². The van der Waals surface area contributed by atoms with Gasteiger partial charge in [0.25, 0.3) is 0 Å². The van der Waals surface area contributed by atoms with Crippen LogP contribution in [0.1, 0.15) is 24.3 Å². The highest BCUT2D eigenvalue weighted by molar-refractivity contribution is 9.10. The Morgan fingerprint density at radius 1 is 1.47 bits per heavy atom. The fraction of sp³-hybridized carbons (Fsp3) is 0.385. The lowest BCUT2D eigenvalue weighted by molar-refractivity contribution is -0.479. The first kappa shape index (κ1) is 11.0. The molecule has 4 heteroatoms. The molecule has 0 radical (unpaired) electrons. The summed E-state index contributed by atoms with van der Waals surface area (Å²) >= 11 is 3.50. The smallest absolute Gasteiger partial charge is 0.240 e. The molecule has 0 N–H and O–H groups in total. The van der Waals surface area contributed by atoms with Gasteiger partial charge in [0.05, 0.1) is 5.70 Å². The molecule has 0 amide bonds. The fourth-order valence-corrected chi connectivity index (χ4v) is 3.13. The van der Waals surface area contributed by atoms with Gasteiger partial charge >= 0.3 is 0 Å². The van der Waals surface area contributed by atoms with Gasteiger partial charge in [-0.25, -0.2) is 0 Å². The number of hydrogen-bond acceptors (Lipinski definition) is 2. The summed E-state index contributed by atoms with van der Waals surface area (Å²) in [6, 6.07) is 6.37. The summed E-state index contributed by atoms with van der Waals surface area (Å²) in [7, 11) is 2.04. The first-order valence-electron chi connectivity index (χ1n) is 5.85. The minimum absolute atomic E-state index is 0.391. The lowest BCUT2D eigenvalue weighted by atomic mass is 9.95. The number of benzene rings is 1. The Hall–Kier alpha value is -1.16. The Kier molecular flexibility index (Phi) is 2.54. The highest BCUT2D eigenvalue weighted by Crippen LogP contribution is 2.46. The minimum atomic E-state index is 0.391. The van der Waals surface area contributed by atoms with E-state index in [2.05, 4.69) is 39.0 Å². The predicted octanol–water partition coefficient (Wildman–Crippen LogP) is 3.40. The van der Waals surface area contributed by atoms with E-state index in [4.69, 9.17) is 0 Å². The van der Waals surface area contributed by atoms with Crippen molar-refractivity contribution >= 4 is 21.6 Å². The molecule has 0 aliphatic carbocycles. The van der Waals surface area contributed by atoms with Gasteiger partial charge < -0.3 is 4.90 Å². The van der Waals surface area contributed by atoms with E-state index in [1.165, 1.54) is 11.3 Å². The van der Waals surface area contributed by atoms with Crippen LogP contribution in [0, 0.1) is 4.91 Å². The highest BCUT2D eigenvalue weighted by atomic mass is 79.9. The summed E-state index contributed by atoms with van der Waals surface area (Å²) in [6.07, 6.45) is 3.77. The molecule has 2 aliphatic heterocycles. The number of nitrogens with zero attached hydrogens (tertiary/aromatic N) is 2. The van der Waals surface area contributed by atoms with Crippen molar-refractivity contribution in [1.82, 2.24) is 0 Å². The zero-order valence-electron chi connectivity index (χ0n) is 9.69. The van der Waals surface area contributed by atoms with E-state index in [1.807, 2.05) is 7.05 Å². The zero-order chi connectivity index (χ0) is 12.0. The molecule has 1 unspecified atom stereocenters. The van der Waals surface area contributed by atoms with E-state index >= 15 is 0 Å². The molecule has 3 rings (SSSR count). The van der Waals surface area contributed by atoms with Crippen molar-refractivity contribution in [2.24, 2.45) is 0 Å². The van der Waals surface area contributed by atoms with Crippen molar-refractivity contribution in [3.63, 3.8) is 0 Å². The van der Waals surface area contributed by atoms with Gasteiger partial charge in [0.15, 0.2) is 6.54 Å². The van der Waals surface area contributed by atoms with E-state index in [9.17, 15) is 4.91 Å². The summed E-state index contributed by atoms with van der Waals surface area (Å²) in [4.78, 5) is 13.7. The summed E-state index contributed by atoms with van der Waals surface area (Å²) in [5.74, 6) is 0.391. The van der Waals surface area contributed by atoms with Crippen molar-refractivity contribution < 1.29 is 4.76 Å². The Balaban J connectivity index is 2.14. The maximum atomic E-state index is 11.6. The molecule has 2 heterocycles. The number of rotatable bonds is 0.